The van der Waals surface area contributed by atoms with Crippen LogP contribution < -0.4 is 5.32 Å². The fourth-order valence-electron chi connectivity index (χ4n) is 4.51. The lowest BCUT2D eigenvalue weighted by atomic mass is 10.0. The van der Waals surface area contributed by atoms with Crippen molar-refractivity contribution in [2.75, 3.05) is 57.4 Å². The zero-order valence-electron chi connectivity index (χ0n) is 18.5. The minimum atomic E-state index is -3.04. The highest BCUT2D eigenvalue weighted by atomic mass is 35.5. The highest BCUT2D eigenvalue weighted by Gasteiger charge is 2.33. The molecule has 33 heavy (non-hydrogen) atoms. The maximum atomic E-state index is 13.5. The topological polar surface area (TPSA) is 79.0 Å². The van der Waals surface area contributed by atoms with Crippen LogP contribution in [-0.2, 0) is 19.4 Å². The first-order valence-electron chi connectivity index (χ1n) is 11.3. The van der Waals surface area contributed by atoms with E-state index in [1.54, 1.807) is 0 Å². The van der Waals surface area contributed by atoms with Gasteiger partial charge in [-0.25, -0.2) is 8.42 Å². The van der Waals surface area contributed by atoms with E-state index in [-0.39, 0.29) is 23.5 Å². The molecule has 2 fully saturated rings. The Balaban J connectivity index is 1.54. The van der Waals surface area contributed by atoms with E-state index < -0.39 is 15.9 Å². The average molecular weight is 492 g/mol. The number of benzene rings is 2. The van der Waals surface area contributed by atoms with E-state index in [0.717, 1.165) is 24.2 Å². The number of ether oxygens (including phenoxy) is 1. The Morgan fingerprint density at radius 2 is 1.58 bits per heavy atom. The second-order valence-electron chi connectivity index (χ2n) is 8.43. The van der Waals surface area contributed by atoms with E-state index >= 15 is 0 Å². The number of sulfone groups is 1. The Labute approximate surface area is 200 Å². The molecule has 2 aromatic rings. The van der Waals surface area contributed by atoms with Crippen LogP contribution in [0.4, 0.5) is 0 Å². The molecule has 0 bridgehead atoms. The van der Waals surface area contributed by atoms with Crippen LogP contribution in [0.2, 0.25) is 5.02 Å². The Kier molecular flexibility index (Phi) is 8.03. The van der Waals surface area contributed by atoms with E-state index in [1.165, 1.54) is 0 Å². The number of nitrogens with zero attached hydrogens (tertiary/aromatic N) is 2. The molecular formula is C24H30ClN3O4S. The van der Waals surface area contributed by atoms with Gasteiger partial charge in [-0.15, -0.1) is 0 Å². The molecule has 178 valence electrons. The maximum absolute atomic E-state index is 13.5. The van der Waals surface area contributed by atoms with Gasteiger partial charge in [0, 0.05) is 37.7 Å². The molecule has 9 heteroatoms. The van der Waals surface area contributed by atoms with E-state index in [4.69, 9.17) is 16.3 Å². The fraction of sp³-hybridized carbons (Fsp3) is 0.458. The van der Waals surface area contributed by atoms with Crippen molar-refractivity contribution < 1.29 is 17.9 Å². The first-order chi connectivity index (χ1) is 15.9. The minimum absolute atomic E-state index is 0.0691. The number of amides is 1. The van der Waals surface area contributed by atoms with Crippen molar-refractivity contribution in [3.05, 3.63) is 70.7 Å². The number of carbonyl (C=O) groups is 1. The number of nitrogens with one attached hydrogen (secondary N) is 1. The molecule has 1 N–H and O–H groups in total. The third kappa shape index (κ3) is 6.13. The molecular weight excluding hydrogens is 462 g/mol. The van der Waals surface area contributed by atoms with Crippen LogP contribution in [0.25, 0.3) is 0 Å². The second kappa shape index (κ2) is 11.0. The van der Waals surface area contributed by atoms with Gasteiger partial charge in [-0.05, 0) is 17.2 Å². The first-order valence-corrected chi connectivity index (χ1v) is 13.5. The summed E-state index contributed by atoms with van der Waals surface area (Å²) in [6, 6.07) is 16.6. The van der Waals surface area contributed by atoms with Crippen LogP contribution >= 0.6 is 11.6 Å². The molecule has 0 aromatic heterocycles. The lowest BCUT2D eigenvalue weighted by Gasteiger charge is -2.37. The first kappa shape index (κ1) is 24.2. The summed E-state index contributed by atoms with van der Waals surface area (Å²) in [4.78, 5) is 17.8. The molecule has 7 nitrogen and oxygen atoms in total. The largest absolute Gasteiger partial charge is 0.379 e. The van der Waals surface area contributed by atoms with Gasteiger partial charge in [0.1, 0.15) is 6.04 Å². The monoisotopic (exact) mass is 491 g/mol. The van der Waals surface area contributed by atoms with Crippen molar-refractivity contribution in [1.82, 2.24) is 15.1 Å². The van der Waals surface area contributed by atoms with Gasteiger partial charge in [0.25, 0.3) is 0 Å². The number of hydrogen-bond donors (Lipinski definition) is 1. The Hall–Kier alpha value is -1.97. The molecule has 2 unspecified atom stereocenters. The molecule has 4 rings (SSSR count). The normalized spacial score (nSPS) is 21.2. The van der Waals surface area contributed by atoms with E-state index in [1.807, 2.05) is 59.5 Å². The fourth-order valence-corrected chi connectivity index (χ4v) is 6.00. The van der Waals surface area contributed by atoms with Crippen LogP contribution in [0.5, 0.6) is 0 Å². The van der Waals surface area contributed by atoms with Crippen molar-refractivity contribution in [3.8, 4) is 0 Å². The summed E-state index contributed by atoms with van der Waals surface area (Å²) in [5.74, 6) is 0.00467. The third-order valence-corrected chi connectivity index (χ3v) is 8.28. The molecule has 0 spiro atoms. The molecule has 0 radical (unpaired) electrons. The van der Waals surface area contributed by atoms with Gasteiger partial charge in [0.05, 0.1) is 30.8 Å². The summed E-state index contributed by atoms with van der Waals surface area (Å²) in [5, 5.41) is 3.82. The molecule has 0 saturated carbocycles. The number of rotatable bonds is 7. The summed E-state index contributed by atoms with van der Waals surface area (Å²) in [5.41, 5.74) is 1.83. The molecule has 2 atom stereocenters. The maximum Gasteiger partial charge on any atom is 0.242 e. The van der Waals surface area contributed by atoms with Crippen LogP contribution in [0.1, 0.15) is 23.2 Å². The van der Waals surface area contributed by atoms with E-state index in [0.29, 0.717) is 37.9 Å². The summed E-state index contributed by atoms with van der Waals surface area (Å²) < 4.78 is 29.4. The lowest BCUT2D eigenvalue weighted by molar-refractivity contribution is -0.127. The van der Waals surface area contributed by atoms with Gasteiger partial charge >= 0.3 is 0 Å². The standard InChI is InChI=1S/C24H30ClN3O4S/c25-21-9-5-4-8-20(21)22(27-10-14-32-15-11-27)18-26-24(29)23(19-6-2-1-3-7-19)28-12-16-33(30,31)17-13-28/h1-9,22-23H,10-18H2,(H,26,29). The third-order valence-electron chi connectivity index (χ3n) is 6.33. The highest BCUT2D eigenvalue weighted by molar-refractivity contribution is 7.91. The van der Waals surface area contributed by atoms with E-state index in [9.17, 15) is 13.2 Å². The molecule has 2 heterocycles. The molecule has 2 aliphatic heterocycles. The van der Waals surface area contributed by atoms with Crippen LogP contribution in [-0.4, -0.2) is 81.6 Å². The Morgan fingerprint density at radius 3 is 2.24 bits per heavy atom. The molecule has 2 aliphatic rings. The molecule has 2 saturated heterocycles. The summed E-state index contributed by atoms with van der Waals surface area (Å²) in [7, 11) is -3.04. The highest BCUT2D eigenvalue weighted by Crippen LogP contribution is 2.29. The second-order valence-corrected chi connectivity index (χ2v) is 11.1. The quantitative estimate of drug-likeness (QED) is 0.640. The van der Waals surface area contributed by atoms with E-state index in [2.05, 4.69) is 10.2 Å². The molecule has 1 amide bonds. The summed E-state index contributed by atoms with van der Waals surface area (Å²) in [6.07, 6.45) is 0. The zero-order valence-corrected chi connectivity index (χ0v) is 20.1. The van der Waals surface area contributed by atoms with Crippen molar-refractivity contribution in [2.45, 2.75) is 12.1 Å². The van der Waals surface area contributed by atoms with Crippen molar-refractivity contribution >= 4 is 27.3 Å². The van der Waals surface area contributed by atoms with Crippen molar-refractivity contribution in [2.24, 2.45) is 0 Å². The van der Waals surface area contributed by atoms with Crippen LogP contribution in [0, 0.1) is 0 Å². The zero-order chi connectivity index (χ0) is 23.3. The van der Waals surface area contributed by atoms with Gasteiger partial charge in [-0.3, -0.25) is 14.6 Å². The molecule has 2 aromatic carbocycles. The lowest BCUT2D eigenvalue weighted by Crippen LogP contribution is -2.49. The van der Waals surface area contributed by atoms with Crippen LogP contribution in [0.3, 0.4) is 0 Å². The van der Waals surface area contributed by atoms with Crippen LogP contribution in [0.15, 0.2) is 54.6 Å². The number of halogens is 1. The average Bonchev–Trinajstić information content (AvgIpc) is 2.83. The van der Waals surface area contributed by atoms with Gasteiger partial charge in [0.2, 0.25) is 5.91 Å². The van der Waals surface area contributed by atoms with Crippen molar-refractivity contribution in [3.63, 3.8) is 0 Å². The predicted octanol–water partition coefficient (Wildman–Crippen LogP) is 2.30. The van der Waals surface area contributed by atoms with Gasteiger partial charge in [-0.1, -0.05) is 60.1 Å². The Morgan fingerprint density at radius 1 is 0.939 bits per heavy atom. The summed E-state index contributed by atoms with van der Waals surface area (Å²) in [6.45, 7) is 3.89. The predicted molar refractivity (Wildman–Crippen MR) is 129 cm³/mol. The summed E-state index contributed by atoms with van der Waals surface area (Å²) >= 11 is 6.52. The number of hydrogen-bond acceptors (Lipinski definition) is 6. The van der Waals surface area contributed by atoms with Gasteiger partial charge in [-0.2, -0.15) is 0 Å². The minimum Gasteiger partial charge on any atom is -0.379 e. The Bertz CT molecular complexity index is 1030. The SMILES string of the molecule is O=C(NCC(c1ccccc1Cl)N1CCOCC1)C(c1ccccc1)N1CCS(=O)(=O)CC1. The molecule has 0 aliphatic carbocycles. The number of morpholine rings is 1. The van der Waals surface area contributed by atoms with Crippen molar-refractivity contribution in [1.29, 1.82) is 0 Å². The van der Waals surface area contributed by atoms with Gasteiger partial charge in [0.15, 0.2) is 9.84 Å². The number of carbonyl (C=O) groups excluding carboxylic acids is 1. The van der Waals surface area contributed by atoms with Gasteiger partial charge < -0.3 is 10.1 Å². The smallest absolute Gasteiger partial charge is 0.242 e.